The number of hydrogen-bond donors (Lipinski definition) is 0. The lowest BCUT2D eigenvalue weighted by Crippen LogP contribution is -2.10. The summed E-state index contributed by atoms with van der Waals surface area (Å²) in [4.78, 5) is 1.38. The largest absolute Gasteiger partial charge is 0.227 e. The van der Waals surface area contributed by atoms with Crippen LogP contribution in [0.15, 0.2) is 24.3 Å². The molecule has 1 aromatic carbocycles. The summed E-state index contributed by atoms with van der Waals surface area (Å²) < 4.78 is 0. The molecule has 0 saturated carbocycles. The fraction of sp³-hybridized carbons (Fsp3) is 0.100. The molecule has 0 spiro atoms. The van der Waals surface area contributed by atoms with E-state index in [9.17, 15) is 0 Å². The SMILES string of the molecule is Cc1nnc2nnn(-c3ccccc3Cl)nc1-2. The maximum Gasteiger partial charge on any atom is 0.227 e. The van der Waals surface area contributed by atoms with E-state index in [1.807, 2.05) is 25.1 Å². The molecule has 0 N–H and O–H groups in total. The number of fused-ring (bicyclic) bond motifs is 1. The van der Waals surface area contributed by atoms with Crippen LogP contribution in [-0.2, 0) is 0 Å². The normalized spacial score (nSPS) is 10.9. The first-order chi connectivity index (χ1) is 8.25. The Morgan fingerprint density at radius 2 is 1.94 bits per heavy atom. The molecular weight excluding hydrogens is 240 g/mol. The summed E-state index contributed by atoms with van der Waals surface area (Å²) in [7, 11) is 0. The van der Waals surface area contributed by atoms with Gasteiger partial charge in [0.15, 0.2) is 5.69 Å². The number of benzene rings is 1. The molecule has 0 radical (unpaired) electrons. The second-order valence-electron chi connectivity index (χ2n) is 3.49. The number of hydrogen-bond acceptors (Lipinski definition) is 5. The number of aromatic nitrogens is 6. The van der Waals surface area contributed by atoms with Crippen LogP contribution in [0.25, 0.3) is 17.2 Å². The predicted molar refractivity (Wildman–Crippen MR) is 61.1 cm³/mol. The van der Waals surface area contributed by atoms with Gasteiger partial charge in [-0.2, -0.15) is 5.10 Å². The van der Waals surface area contributed by atoms with E-state index in [2.05, 4.69) is 25.6 Å². The van der Waals surface area contributed by atoms with Gasteiger partial charge in [0, 0.05) is 0 Å². The van der Waals surface area contributed by atoms with Crippen LogP contribution in [0.5, 0.6) is 0 Å². The third-order valence-electron chi connectivity index (χ3n) is 2.34. The highest BCUT2D eigenvalue weighted by Gasteiger charge is 2.16. The Labute approximate surface area is 102 Å². The van der Waals surface area contributed by atoms with E-state index in [1.165, 1.54) is 4.80 Å². The molecule has 2 aliphatic heterocycles. The molecule has 0 fully saturated rings. The van der Waals surface area contributed by atoms with E-state index in [1.54, 1.807) is 6.07 Å². The Balaban J connectivity index is 2.22. The van der Waals surface area contributed by atoms with Gasteiger partial charge in [0.1, 0.15) is 5.69 Å². The van der Waals surface area contributed by atoms with Crippen molar-refractivity contribution in [3.8, 4) is 17.2 Å². The van der Waals surface area contributed by atoms with Gasteiger partial charge in [-0.15, -0.1) is 20.1 Å². The fourth-order valence-electron chi connectivity index (χ4n) is 1.48. The summed E-state index contributed by atoms with van der Waals surface area (Å²) in [6, 6.07) is 7.28. The van der Waals surface area contributed by atoms with Gasteiger partial charge < -0.3 is 0 Å². The van der Waals surface area contributed by atoms with Gasteiger partial charge in [-0.25, -0.2) is 0 Å². The molecule has 0 aromatic heterocycles. The summed E-state index contributed by atoms with van der Waals surface area (Å²) >= 11 is 6.06. The molecule has 0 amide bonds. The maximum atomic E-state index is 6.06. The summed E-state index contributed by atoms with van der Waals surface area (Å²) in [6.07, 6.45) is 0. The molecule has 6 nitrogen and oxygen atoms in total. The third-order valence-corrected chi connectivity index (χ3v) is 2.66. The zero-order valence-corrected chi connectivity index (χ0v) is 9.63. The summed E-state index contributed by atoms with van der Waals surface area (Å²) in [5.74, 6) is 0.436. The number of nitrogens with zero attached hydrogens (tertiary/aromatic N) is 6. The first kappa shape index (κ1) is 10.1. The molecule has 1 aromatic rings. The maximum absolute atomic E-state index is 6.06. The fourth-order valence-corrected chi connectivity index (χ4v) is 1.69. The van der Waals surface area contributed by atoms with Gasteiger partial charge in [0.2, 0.25) is 5.82 Å². The van der Waals surface area contributed by atoms with E-state index in [0.29, 0.717) is 22.2 Å². The number of para-hydroxylation sites is 1. The highest BCUT2D eigenvalue weighted by atomic mass is 35.5. The zero-order valence-electron chi connectivity index (χ0n) is 8.87. The minimum Gasteiger partial charge on any atom is -0.151 e. The number of aryl methyl sites for hydroxylation is 1. The molecular formula is C10H7ClN6. The average molecular weight is 247 g/mol. The van der Waals surface area contributed by atoms with Crippen molar-refractivity contribution in [1.29, 1.82) is 0 Å². The highest BCUT2D eigenvalue weighted by Crippen LogP contribution is 2.20. The van der Waals surface area contributed by atoms with Crippen LogP contribution >= 0.6 is 11.6 Å². The Morgan fingerprint density at radius 1 is 1.12 bits per heavy atom. The Bertz CT molecular complexity index is 649. The van der Waals surface area contributed by atoms with Crippen LogP contribution in [0.1, 0.15) is 5.69 Å². The van der Waals surface area contributed by atoms with E-state index >= 15 is 0 Å². The minimum absolute atomic E-state index is 0.436. The average Bonchev–Trinajstić information content (AvgIpc) is 2.71. The van der Waals surface area contributed by atoms with Crippen LogP contribution in [0.2, 0.25) is 5.02 Å². The van der Waals surface area contributed by atoms with Crippen molar-refractivity contribution in [2.75, 3.05) is 0 Å². The monoisotopic (exact) mass is 246 g/mol. The van der Waals surface area contributed by atoms with Crippen molar-refractivity contribution in [2.24, 2.45) is 0 Å². The van der Waals surface area contributed by atoms with Crippen LogP contribution < -0.4 is 0 Å². The molecule has 0 saturated heterocycles. The summed E-state index contributed by atoms with van der Waals surface area (Å²) in [5.41, 5.74) is 2.01. The van der Waals surface area contributed by atoms with Gasteiger partial charge in [-0.1, -0.05) is 23.7 Å². The molecule has 3 rings (SSSR count). The molecule has 0 bridgehead atoms. The van der Waals surface area contributed by atoms with Crippen molar-refractivity contribution in [2.45, 2.75) is 6.92 Å². The van der Waals surface area contributed by atoms with Gasteiger partial charge >= 0.3 is 0 Å². The Morgan fingerprint density at radius 3 is 2.76 bits per heavy atom. The standard InChI is InChI=1S/C10H7ClN6/c1-6-9-10(13-12-6)14-16-17(15-9)8-5-3-2-4-7(8)11/h2-5H,1H3. The van der Waals surface area contributed by atoms with E-state index in [0.717, 1.165) is 5.69 Å². The van der Waals surface area contributed by atoms with Crippen molar-refractivity contribution in [3.63, 3.8) is 0 Å². The van der Waals surface area contributed by atoms with Gasteiger partial charge in [0.05, 0.1) is 10.7 Å². The molecule has 2 aliphatic rings. The molecule has 84 valence electrons. The minimum atomic E-state index is 0.436. The van der Waals surface area contributed by atoms with Crippen LogP contribution in [0.3, 0.4) is 0 Å². The highest BCUT2D eigenvalue weighted by molar-refractivity contribution is 6.32. The second-order valence-corrected chi connectivity index (χ2v) is 3.90. The van der Waals surface area contributed by atoms with Crippen molar-refractivity contribution in [1.82, 2.24) is 30.4 Å². The van der Waals surface area contributed by atoms with Crippen LogP contribution in [-0.4, -0.2) is 30.4 Å². The van der Waals surface area contributed by atoms with Gasteiger partial charge in [-0.3, -0.25) is 0 Å². The zero-order chi connectivity index (χ0) is 11.8. The molecule has 2 heterocycles. The molecule has 17 heavy (non-hydrogen) atoms. The van der Waals surface area contributed by atoms with Crippen LogP contribution in [0.4, 0.5) is 0 Å². The lowest BCUT2D eigenvalue weighted by molar-refractivity contribution is 0.636. The van der Waals surface area contributed by atoms with Crippen molar-refractivity contribution >= 4 is 11.6 Å². The van der Waals surface area contributed by atoms with Crippen molar-refractivity contribution < 1.29 is 0 Å². The molecule has 0 unspecified atom stereocenters. The van der Waals surface area contributed by atoms with Crippen molar-refractivity contribution in [3.05, 3.63) is 35.0 Å². The third kappa shape index (κ3) is 1.62. The van der Waals surface area contributed by atoms with Gasteiger partial charge in [0.25, 0.3) is 0 Å². The first-order valence-electron chi connectivity index (χ1n) is 4.93. The lowest BCUT2D eigenvalue weighted by Gasteiger charge is -2.05. The Kier molecular flexibility index (Phi) is 2.22. The quantitative estimate of drug-likeness (QED) is 0.651. The number of halogens is 1. The Hall–Kier alpha value is -2.08. The van der Waals surface area contributed by atoms with Crippen LogP contribution in [0, 0.1) is 6.92 Å². The summed E-state index contributed by atoms with van der Waals surface area (Å²) in [5, 5.41) is 20.5. The topological polar surface area (TPSA) is 69.4 Å². The van der Waals surface area contributed by atoms with E-state index in [-0.39, 0.29) is 0 Å². The number of rotatable bonds is 1. The first-order valence-corrected chi connectivity index (χ1v) is 5.31. The second kappa shape index (κ2) is 3.74. The summed E-state index contributed by atoms with van der Waals surface area (Å²) in [6.45, 7) is 1.82. The molecule has 0 aliphatic carbocycles. The molecule has 0 atom stereocenters. The smallest absolute Gasteiger partial charge is 0.151 e. The van der Waals surface area contributed by atoms with E-state index < -0.39 is 0 Å². The van der Waals surface area contributed by atoms with Gasteiger partial charge in [-0.05, 0) is 24.3 Å². The lowest BCUT2D eigenvalue weighted by atomic mass is 10.3. The predicted octanol–water partition coefficient (Wildman–Crippen LogP) is 1.52. The molecule has 7 heteroatoms. The van der Waals surface area contributed by atoms with E-state index in [4.69, 9.17) is 11.6 Å².